The third-order valence-electron chi connectivity index (χ3n) is 3.54. The Hall–Kier alpha value is -3.09. The van der Waals surface area contributed by atoms with E-state index in [0.29, 0.717) is 21.4 Å². The van der Waals surface area contributed by atoms with Gasteiger partial charge in [-0.15, -0.1) is 0 Å². The Balaban J connectivity index is 1.52. The first kappa shape index (κ1) is 19.7. The molecule has 3 aromatic rings. The van der Waals surface area contributed by atoms with E-state index < -0.39 is 0 Å². The minimum absolute atomic E-state index is 0.0317. The molecular formula is C20H16Cl2N4O2. The van der Waals surface area contributed by atoms with Crippen molar-refractivity contribution in [1.82, 2.24) is 10.4 Å². The molecule has 0 radical (unpaired) electrons. The molecule has 0 aliphatic carbocycles. The number of hydrazone groups is 1. The molecule has 0 aliphatic rings. The fraction of sp³-hybridized carbons (Fsp3) is 0.0500. The van der Waals surface area contributed by atoms with Gasteiger partial charge in [-0.05, 0) is 24.3 Å². The van der Waals surface area contributed by atoms with Crippen LogP contribution in [0.3, 0.4) is 0 Å². The number of para-hydroxylation sites is 1. The van der Waals surface area contributed by atoms with Gasteiger partial charge >= 0.3 is 0 Å². The maximum atomic E-state index is 12.0. The maximum Gasteiger partial charge on any atom is 0.259 e. The molecule has 0 saturated carbocycles. The van der Waals surface area contributed by atoms with Crippen molar-refractivity contribution in [3.8, 4) is 11.5 Å². The highest BCUT2D eigenvalue weighted by Gasteiger charge is 2.05. The molecule has 2 aromatic carbocycles. The van der Waals surface area contributed by atoms with Crippen molar-refractivity contribution in [1.29, 1.82) is 0 Å². The lowest BCUT2D eigenvalue weighted by Crippen LogP contribution is -2.25. The van der Waals surface area contributed by atoms with Gasteiger partial charge in [0.1, 0.15) is 11.5 Å². The van der Waals surface area contributed by atoms with Crippen molar-refractivity contribution in [3.63, 3.8) is 0 Å². The Bertz CT molecular complexity index is 961. The number of amides is 1. The number of carbonyl (C=O) groups is 1. The zero-order chi connectivity index (χ0) is 19.8. The lowest BCUT2D eigenvalue weighted by Gasteiger charge is -2.09. The van der Waals surface area contributed by atoms with Crippen LogP contribution in [-0.4, -0.2) is 23.7 Å². The molecule has 0 aliphatic heterocycles. The molecule has 0 atom stereocenters. The second kappa shape index (κ2) is 9.73. The minimum Gasteiger partial charge on any atom is -0.457 e. The number of carbonyl (C=O) groups excluding carboxylic acids is 1. The molecule has 28 heavy (non-hydrogen) atoms. The number of benzene rings is 2. The molecule has 0 spiro atoms. The minimum atomic E-state index is -0.327. The number of anilines is 1. The number of ether oxygens (including phenoxy) is 1. The largest absolute Gasteiger partial charge is 0.457 e. The number of nitrogens with one attached hydrogen (secondary N) is 2. The van der Waals surface area contributed by atoms with Crippen molar-refractivity contribution in [2.75, 3.05) is 11.9 Å². The van der Waals surface area contributed by atoms with Crippen molar-refractivity contribution < 1.29 is 9.53 Å². The van der Waals surface area contributed by atoms with Crippen LogP contribution in [0.4, 0.5) is 5.69 Å². The topological polar surface area (TPSA) is 75.6 Å². The van der Waals surface area contributed by atoms with Crippen LogP contribution in [0.15, 0.2) is 72.1 Å². The van der Waals surface area contributed by atoms with Gasteiger partial charge in [0.05, 0.1) is 22.8 Å². The number of hydrogen-bond acceptors (Lipinski definition) is 5. The lowest BCUT2D eigenvalue weighted by molar-refractivity contribution is -0.119. The Labute approximate surface area is 172 Å². The second-order valence-corrected chi connectivity index (χ2v) is 6.42. The number of aromatic nitrogens is 1. The second-order valence-electron chi connectivity index (χ2n) is 5.61. The van der Waals surface area contributed by atoms with E-state index >= 15 is 0 Å². The summed E-state index contributed by atoms with van der Waals surface area (Å²) < 4.78 is 5.77. The summed E-state index contributed by atoms with van der Waals surface area (Å²) in [4.78, 5) is 15.8. The van der Waals surface area contributed by atoms with E-state index in [-0.39, 0.29) is 12.5 Å². The van der Waals surface area contributed by atoms with Crippen molar-refractivity contribution in [2.24, 2.45) is 5.10 Å². The highest BCUT2D eigenvalue weighted by atomic mass is 35.5. The van der Waals surface area contributed by atoms with Crippen LogP contribution in [0.25, 0.3) is 0 Å². The van der Waals surface area contributed by atoms with Crippen LogP contribution in [0.5, 0.6) is 11.5 Å². The predicted octanol–water partition coefficient (Wildman–Crippen LogP) is 4.74. The third-order valence-corrected chi connectivity index (χ3v) is 4.14. The highest BCUT2D eigenvalue weighted by molar-refractivity contribution is 6.38. The number of hydrogen-bond donors (Lipinski definition) is 2. The highest BCUT2D eigenvalue weighted by Crippen LogP contribution is 2.23. The van der Waals surface area contributed by atoms with Gasteiger partial charge in [0.2, 0.25) is 0 Å². The van der Waals surface area contributed by atoms with Crippen molar-refractivity contribution >= 4 is 41.0 Å². The molecule has 1 amide bonds. The van der Waals surface area contributed by atoms with Crippen LogP contribution in [0.1, 0.15) is 5.56 Å². The average molecular weight is 415 g/mol. The standard InChI is InChI=1S/C20H16Cl2N4O2/c21-18-11-23-12-19(22)17(18)10-25-26-20(27)13-24-14-5-4-8-16(9-14)28-15-6-2-1-3-7-15/h1-12,24H,13H2,(H,26,27). The molecule has 3 rings (SSSR count). The van der Waals surface area contributed by atoms with E-state index in [1.807, 2.05) is 48.5 Å². The maximum absolute atomic E-state index is 12.0. The first-order valence-corrected chi connectivity index (χ1v) is 9.05. The predicted molar refractivity (Wildman–Crippen MR) is 111 cm³/mol. The van der Waals surface area contributed by atoms with E-state index in [1.54, 1.807) is 6.07 Å². The first-order chi connectivity index (χ1) is 13.6. The van der Waals surface area contributed by atoms with E-state index in [1.165, 1.54) is 18.6 Å². The molecule has 1 aromatic heterocycles. The van der Waals surface area contributed by atoms with Crippen LogP contribution >= 0.6 is 23.2 Å². The molecule has 0 unspecified atom stereocenters. The van der Waals surface area contributed by atoms with E-state index in [9.17, 15) is 4.79 Å². The van der Waals surface area contributed by atoms with Gasteiger partial charge in [-0.25, -0.2) is 5.43 Å². The fourth-order valence-electron chi connectivity index (χ4n) is 2.23. The Morgan fingerprint density at radius 2 is 1.75 bits per heavy atom. The van der Waals surface area contributed by atoms with Gasteiger partial charge in [0.25, 0.3) is 5.91 Å². The summed E-state index contributed by atoms with van der Waals surface area (Å²) in [6.45, 7) is 0.0317. The summed E-state index contributed by atoms with van der Waals surface area (Å²) in [5, 5.41) is 7.57. The van der Waals surface area contributed by atoms with Gasteiger partial charge in [-0.1, -0.05) is 47.5 Å². The summed E-state index contributed by atoms with van der Waals surface area (Å²) >= 11 is 12.0. The van der Waals surface area contributed by atoms with Crippen LogP contribution in [0.2, 0.25) is 10.0 Å². The zero-order valence-electron chi connectivity index (χ0n) is 14.6. The molecule has 0 saturated heterocycles. The summed E-state index contributed by atoms with van der Waals surface area (Å²) in [6.07, 6.45) is 4.27. The summed E-state index contributed by atoms with van der Waals surface area (Å²) in [5.74, 6) is 1.07. The fourth-order valence-corrected chi connectivity index (χ4v) is 2.69. The average Bonchev–Trinajstić information content (AvgIpc) is 2.70. The van der Waals surface area contributed by atoms with E-state index in [2.05, 4.69) is 20.8 Å². The van der Waals surface area contributed by atoms with Gasteiger partial charge in [-0.2, -0.15) is 5.10 Å². The van der Waals surface area contributed by atoms with Crippen LogP contribution in [-0.2, 0) is 4.79 Å². The molecule has 2 N–H and O–H groups in total. The molecule has 0 bridgehead atoms. The number of rotatable bonds is 7. The summed E-state index contributed by atoms with van der Waals surface area (Å²) in [7, 11) is 0. The van der Waals surface area contributed by atoms with Gasteiger partial charge in [-0.3, -0.25) is 9.78 Å². The summed E-state index contributed by atoms with van der Waals surface area (Å²) in [5.41, 5.74) is 3.64. The number of pyridine rings is 1. The Morgan fingerprint density at radius 3 is 2.50 bits per heavy atom. The number of nitrogens with zero attached hydrogens (tertiary/aromatic N) is 2. The van der Waals surface area contributed by atoms with Crippen LogP contribution in [0, 0.1) is 0 Å². The third kappa shape index (κ3) is 5.70. The van der Waals surface area contributed by atoms with Gasteiger partial charge in [0, 0.05) is 29.7 Å². The van der Waals surface area contributed by atoms with Crippen LogP contribution < -0.4 is 15.5 Å². The smallest absolute Gasteiger partial charge is 0.259 e. The molecule has 6 nitrogen and oxygen atoms in total. The monoisotopic (exact) mass is 414 g/mol. The zero-order valence-corrected chi connectivity index (χ0v) is 16.1. The quantitative estimate of drug-likeness (QED) is 0.432. The Kier molecular flexibility index (Phi) is 6.84. The first-order valence-electron chi connectivity index (χ1n) is 8.29. The molecule has 1 heterocycles. The normalized spacial score (nSPS) is 10.6. The number of halogens is 2. The molecule has 142 valence electrons. The SMILES string of the molecule is O=C(CNc1cccc(Oc2ccccc2)c1)NN=Cc1c(Cl)cncc1Cl. The van der Waals surface area contributed by atoms with Gasteiger partial charge < -0.3 is 10.1 Å². The molecular weight excluding hydrogens is 399 g/mol. The molecule has 8 heteroatoms. The lowest BCUT2D eigenvalue weighted by atomic mass is 10.3. The molecule has 0 fully saturated rings. The summed E-state index contributed by atoms with van der Waals surface area (Å²) in [6, 6.07) is 16.8. The van der Waals surface area contributed by atoms with E-state index in [0.717, 1.165) is 11.4 Å². The Morgan fingerprint density at radius 1 is 1.04 bits per heavy atom. The van der Waals surface area contributed by atoms with Crippen molar-refractivity contribution in [2.45, 2.75) is 0 Å². The van der Waals surface area contributed by atoms with Crippen molar-refractivity contribution in [3.05, 3.63) is 82.6 Å². The van der Waals surface area contributed by atoms with Gasteiger partial charge in [0.15, 0.2) is 0 Å². The van der Waals surface area contributed by atoms with E-state index in [4.69, 9.17) is 27.9 Å².